The lowest BCUT2D eigenvalue weighted by Crippen LogP contribution is -2.14. The molecule has 18 heavy (non-hydrogen) atoms. The van der Waals surface area contributed by atoms with Crippen LogP contribution >= 0.6 is 23.8 Å². The normalized spacial score (nSPS) is 10.3. The number of hydrogen-bond donors (Lipinski definition) is 1. The van der Waals surface area contributed by atoms with Gasteiger partial charge in [0, 0.05) is 12.1 Å². The topological polar surface area (TPSA) is 53.7 Å². The zero-order valence-corrected chi connectivity index (χ0v) is 11.7. The van der Waals surface area contributed by atoms with Crippen LogP contribution < -0.4 is 10.5 Å². The van der Waals surface area contributed by atoms with Crippen molar-refractivity contribution in [1.29, 1.82) is 0 Å². The van der Waals surface area contributed by atoms with Gasteiger partial charge in [0.05, 0.1) is 25.4 Å². The summed E-state index contributed by atoms with van der Waals surface area (Å²) in [5.41, 5.74) is 6.23. The Bertz CT molecular complexity index is 401. The van der Waals surface area contributed by atoms with Crippen LogP contribution in [0.1, 0.15) is 5.56 Å². The van der Waals surface area contributed by atoms with E-state index in [0.29, 0.717) is 42.8 Å². The number of methoxy groups -OCH3 is 1. The van der Waals surface area contributed by atoms with Crippen LogP contribution in [0.5, 0.6) is 5.75 Å². The third kappa shape index (κ3) is 5.18. The molecule has 0 aliphatic carbocycles. The third-order valence-corrected chi connectivity index (χ3v) is 2.58. The standard InChI is InChI=1S/C12H16ClNO3S/c1-15-4-5-16-6-7-17-11-3-2-9(13)8-10(11)12(14)18/h2-3,8H,4-7H2,1H3,(H2,14,18). The highest BCUT2D eigenvalue weighted by Crippen LogP contribution is 2.22. The quantitative estimate of drug-likeness (QED) is 0.586. The molecule has 0 fully saturated rings. The van der Waals surface area contributed by atoms with Crippen molar-refractivity contribution in [2.75, 3.05) is 33.5 Å². The smallest absolute Gasteiger partial charge is 0.129 e. The van der Waals surface area contributed by atoms with Gasteiger partial charge in [-0.15, -0.1) is 0 Å². The van der Waals surface area contributed by atoms with Gasteiger partial charge in [0.15, 0.2) is 0 Å². The van der Waals surface area contributed by atoms with Gasteiger partial charge in [-0.05, 0) is 18.2 Å². The maximum Gasteiger partial charge on any atom is 0.129 e. The summed E-state index contributed by atoms with van der Waals surface area (Å²) < 4.78 is 15.7. The first-order valence-electron chi connectivity index (χ1n) is 5.44. The van der Waals surface area contributed by atoms with E-state index in [2.05, 4.69) is 0 Å². The molecule has 0 unspecified atom stereocenters. The van der Waals surface area contributed by atoms with Crippen molar-refractivity contribution in [3.63, 3.8) is 0 Å². The SMILES string of the molecule is COCCOCCOc1ccc(Cl)cc1C(N)=S. The van der Waals surface area contributed by atoms with Gasteiger partial charge in [0.2, 0.25) is 0 Å². The average Bonchev–Trinajstić information content (AvgIpc) is 2.35. The molecule has 0 amide bonds. The Kier molecular flexibility index (Phi) is 6.97. The third-order valence-electron chi connectivity index (χ3n) is 2.12. The van der Waals surface area contributed by atoms with Crippen molar-refractivity contribution in [2.45, 2.75) is 0 Å². The fourth-order valence-electron chi connectivity index (χ4n) is 1.28. The van der Waals surface area contributed by atoms with Gasteiger partial charge in [-0.3, -0.25) is 0 Å². The predicted molar refractivity (Wildman–Crippen MR) is 75.5 cm³/mol. The maximum absolute atomic E-state index is 5.87. The van der Waals surface area contributed by atoms with E-state index >= 15 is 0 Å². The Hall–Kier alpha value is -0.880. The van der Waals surface area contributed by atoms with E-state index in [1.807, 2.05) is 0 Å². The minimum Gasteiger partial charge on any atom is -0.490 e. The Morgan fingerprint density at radius 2 is 2.00 bits per heavy atom. The molecule has 2 N–H and O–H groups in total. The van der Waals surface area contributed by atoms with E-state index in [9.17, 15) is 0 Å². The van der Waals surface area contributed by atoms with E-state index < -0.39 is 0 Å². The highest BCUT2D eigenvalue weighted by Gasteiger charge is 2.07. The highest BCUT2D eigenvalue weighted by atomic mass is 35.5. The first kappa shape index (κ1) is 15.2. The second-order valence-electron chi connectivity index (χ2n) is 3.46. The fourth-order valence-corrected chi connectivity index (χ4v) is 1.61. The van der Waals surface area contributed by atoms with E-state index in [0.717, 1.165) is 0 Å². The molecular weight excluding hydrogens is 274 g/mol. The lowest BCUT2D eigenvalue weighted by atomic mass is 10.2. The summed E-state index contributed by atoms with van der Waals surface area (Å²) in [5.74, 6) is 0.613. The van der Waals surface area contributed by atoms with Crippen LogP contribution in [0.25, 0.3) is 0 Å². The molecule has 0 aliphatic rings. The van der Waals surface area contributed by atoms with Crippen LogP contribution in [0.15, 0.2) is 18.2 Å². The van der Waals surface area contributed by atoms with Gasteiger partial charge in [0.25, 0.3) is 0 Å². The predicted octanol–water partition coefficient (Wildman–Crippen LogP) is 2.02. The molecule has 0 heterocycles. The average molecular weight is 290 g/mol. The summed E-state index contributed by atoms with van der Waals surface area (Å²) >= 11 is 10.8. The maximum atomic E-state index is 5.87. The summed E-state index contributed by atoms with van der Waals surface area (Å²) in [6, 6.07) is 5.15. The van der Waals surface area contributed by atoms with Crippen molar-refractivity contribution in [1.82, 2.24) is 0 Å². The van der Waals surface area contributed by atoms with E-state index in [4.69, 9.17) is 43.8 Å². The molecular formula is C12H16ClNO3S. The second kappa shape index (κ2) is 8.26. The lowest BCUT2D eigenvalue weighted by Gasteiger charge is -2.11. The second-order valence-corrected chi connectivity index (χ2v) is 4.33. The molecule has 0 bridgehead atoms. The monoisotopic (exact) mass is 289 g/mol. The lowest BCUT2D eigenvalue weighted by molar-refractivity contribution is 0.0544. The summed E-state index contributed by atoms with van der Waals surface area (Å²) in [6.07, 6.45) is 0. The van der Waals surface area contributed by atoms with Gasteiger partial charge in [0.1, 0.15) is 17.3 Å². The van der Waals surface area contributed by atoms with Crippen molar-refractivity contribution < 1.29 is 14.2 Å². The molecule has 100 valence electrons. The molecule has 0 saturated heterocycles. The minimum atomic E-state index is 0.257. The van der Waals surface area contributed by atoms with Crippen LogP contribution in [0.4, 0.5) is 0 Å². The number of benzene rings is 1. The van der Waals surface area contributed by atoms with Crippen molar-refractivity contribution in [3.8, 4) is 5.75 Å². The molecule has 0 aliphatic heterocycles. The Labute approximate surface area is 117 Å². The van der Waals surface area contributed by atoms with Crippen LogP contribution in [0.2, 0.25) is 5.02 Å². The molecule has 0 atom stereocenters. The molecule has 4 nitrogen and oxygen atoms in total. The first-order chi connectivity index (χ1) is 8.65. The van der Waals surface area contributed by atoms with Crippen LogP contribution in [-0.2, 0) is 9.47 Å². The fraction of sp³-hybridized carbons (Fsp3) is 0.417. The highest BCUT2D eigenvalue weighted by molar-refractivity contribution is 7.80. The van der Waals surface area contributed by atoms with Gasteiger partial charge in [-0.1, -0.05) is 23.8 Å². The molecule has 1 aromatic carbocycles. The van der Waals surface area contributed by atoms with E-state index in [1.54, 1.807) is 25.3 Å². The molecule has 0 spiro atoms. The van der Waals surface area contributed by atoms with Crippen molar-refractivity contribution >= 4 is 28.8 Å². The Morgan fingerprint density at radius 3 is 2.67 bits per heavy atom. The Morgan fingerprint density at radius 1 is 1.28 bits per heavy atom. The largest absolute Gasteiger partial charge is 0.490 e. The van der Waals surface area contributed by atoms with Gasteiger partial charge >= 0.3 is 0 Å². The molecule has 0 radical (unpaired) electrons. The van der Waals surface area contributed by atoms with E-state index in [1.165, 1.54) is 0 Å². The number of rotatable bonds is 8. The van der Waals surface area contributed by atoms with Gasteiger partial charge < -0.3 is 19.9 Å². The number of ether oxygens (including phenoxy) is 3. The molecule has 0 saturated carbocycles. The molecule has 1 aromatic rings. The van der Waals surface area contributed by atoms with Crippen LogP contribution in [-0.4, -0.2) is 38.5 Å². The van der Waals surface area contributed by atoms with Crippen LogP contribution in [0, 0.1) is 0 Å². The summed E-state index contributed by atoms with van der Waals surface area (Å²) in [6.45, 7) is 2.01. The number of thiocarbonyl (C=S) groups is 1. The molecule has 1 rings (SSSR count). The number of hydrogen-bond acceptors (Lipinski definition) is 4. The summed E-state index contributed by atoms with van der Waals surface area (Å²) in [4.78, 5) is 0.257. The minimum absolute atomic E-state index is 0.257. The zero-order chi connectivity index (χ0) is 13.4. The van der Waals surface area contributed by atoms with Crippen LogP contribution in [0.3, 0.4) is 0 Å². The summed E-state index contributed by atoms with van der Waals surface area (Å²) in [7, 11) is 1.63. The molecule has 6 heteroatoms. The zero-order valence-electron chi connectivity index (χ0n) is 10.1. The van der Waals surface area contributed by atoms with Crippen molar-refractivity contribution in [3.05, 3.63) is 28.8 Å². The van der Waals surface area contributed by atoms with Gasteiger partial charge in [-0.25, -0.2) is 0 Å². The first-order valence-corrected chi connectivity index (χ1v) is 6.22. The number of nitrogens with two attached hydrogens (primary N) is 1. The van der Waals surface area contributed by atoms with E-state index in [-0.39, 0.29) is 4.99 Å². The Balaban J connectivity index is 2.44. The molecule has 0 aromatic heterocycles. The van der Waals surface area contributed by atoms with Crippen molar-refractivity contribution in [2.24, 2.45) is 5.73 Å². The van der Waals surface area contributed by atoms with Gasteiger partial charge in [-0.2, -0.15) is 0 Å². The summed E-state index contributed by atoms with van der Waals surface area (Å²) in [5, 5.41) is 0.571. The number of halogens is 1.